The normalized spacial score (nSPS) is 17.1. The van der Waals surface area contributed by atoms with Gasteiger partial charge in [-0.3, -0.25) is 9.59 Å². The first kappa shape index (κ1) is 53.0. The van der Waals surface area contributed by atoms with Crippen molar-refractivity contribution in [2.45, 2.75) is 124 Å². The fourth-order valence-electron chi connectivity index (χ4n) is 8.35. The molecule has 1 aliphatic heterocycles. The third kappa shape index (κ3) is 13.2. The SMILES string of the molecule is C=CCC1CCc2c(c3ccccc3n2C(=O)OC(C)(C)C)C1=O.CC(C)(C)OC(=O)n1c2c(c3ccccc31)C(=O)C(CCCN=[N+]=[N-])CC2.C[Si](C)(C)N=[N+]=[N-].O=C1OC(O)c2ccccc21. The molecule has 2 aliphatic carbocycles. The number of aliphatic hydroxyl groups excluding tert-OH is 1. The van der Waals surface area contributed by atoms with Gasteiger partial charge in [-0.05, 0) is 121 Å². The number of benzene rings is 3. The van der Waals surface area contributed by atoms with E-state index in [9.17, 15) is 24.0 Å². The number of para-hydroxylation sites is 2. The van der Waals surface area contributed by atoms with Crippen LogP contribution < -0.4 is 0 Å². The third-order valence-corrected chi connectivity index (χ3v) is 11.8. The number of rotatable bonds is 7. The van der Waals surface area contributed by atoms with E-state index in [1.165, 1.54) is 0 Å². The minimum atomic E-state index is -1.45. The van der Waals surface area contributed by atoms with E-state index in [2.05, 4.69) is 31.0 Å². The van der Waals surface area contributed by atoms with Crippen LogP contribution >= 0.6 is 0 Å². The van der Waals surface area contributed by atoms with Gasteiger partial charge < -0.3 is 19.3 Å². The Morgan fingerprint density at radius 2 is 1.26 bits per heavy atom. The molecule has 3 aromatic carbocycles. The van der Waals surface area contributed by atoms with Crippen LogP contribution in [0.2, 0.25) is 19.6 Å². The number of azide groups is 2. The average Bonchev–Trinajstić information content (AvgIpc) is 3.90. The van der Waals surface area contributed by atoms with E-state index in [1.807, 2.05) is 110 Å². The summed E-state index contributed by atoms with van der Waals surface area (Å²) in [6.07, 6.45) is 4.63. The maximum Gasteiger partial charge on any atom is 0.419 e. The summed E-state index contributed by atoms with van der Waals surface area (Å²) < 4.78 is 22.4. The number of aliphatic hydroxyl groups is 1. The maximum absolute atomic E-state index is 13.1. The molecule has 364 valence electrons. The average molecular weight is 959 g/mol. The third-order valence-electron chi connectivity index (χ3n) is 11.1. The number of hydrogen-bond donors (Lipinski definition) is 1. The largest absolute Gasteiger partial charge is 0.443 e. The van der Waals surface area contributed by atoms with Crippen LogP contribution in [-0.2, 0) is 27.1 Å². The summed E-state index contributed by atoms with van der Waals surface area (Å²) in [5.74, 6) is -0.435. The molecule has 0 saturated heterocycles. The highest BCUT2D eigenvalue weighted by molar-refractivity contribution is 6.74. The monoisotopic (exact) mass is 958 g/mol. The van der Waals surface area contributed by atoms with Gasteiger partial charge in [0, 0.05) is 62.1 Å². The van der Waals surface area contributed by atoms with Crippen molar-refractivity contribution in [2.24, 2.45) is 21.7 Å². The van der Waals surface area contributed by atoms with Crippen LogP contribution in [0.4, 0.5) is 9.59 Å². The van der Waals surface area contributed by atoms with Crippen LogP contribution in [0.5, 0.6) is 0 Å². The minimum Gasteiger partial charge on any atom is -0.443 e. The van der Waals surface area contributed by atoms with Crippen LogP contribution in [0, 0.1) is 11.8 Å². The quantitative estimate of drug-likeness (QED) is 0.0238. The summed E-state index contributed by atoms with van der Waals surface area (Å²) in [7, 11) is -1.45. The fourth-order valence-corrected chi connectivity index (χ4v) is 8.62. The first-order chi connectivity index (χ1) is 32.5. The molecule has 2 aromatic heterocycles. The van der Waals surface area contributed by atoms with Gasteiger partial charge in [-0.2, -0.15) is 0 Å². The van der Waals surface area contributed by atoms with Crippen molar-refractivity contribution in [1.82, 2.24) is 9.13 Å². The number of carbonyl (C=O) groups is 5. The van der Waals surface area contributed by atoms with E-state index >= 15 is 0 Å². The van der Waals surface area contributed by atoms with Crippen molar-refractivity contribution >= 4 is 59.8 Å². The molecule has 3 atom stereocenters. The van der Waals surface area contributed by atoms with E-state index in [-0.39, 0.29) is 23.4 Å². The van der Waals surface area contributed by atoms with Gasteiger partial charge in [-0.1, -0.05) is 85.4 Å². The number of allylic oxidation sites excluding steroid dienone is 1. The van der Waals surface area contributed by atoms with Gasteiger partial charge in [-0.25, -0.2) is 23.5 Å². The van der Waals surface area contributed by atoms with Crippen LogP contribution in [0.25, 0.3) is 42.7 Å². The zero-order chi connectivity index (χ0) is 50.8. The lowest BCUT2D eigenvalue weighted by atomic mass is 9.82. The Morgan fingerprint density at radius 1 is 0.783 bits per heavy atom. The number of fused-ring (bicyclic) bond motifs is 7. The van der Waals surface area contributed by atoms with Crippen molar-refractivity contribution in [3.63, 3.8) is 0 Å². The molecular weight excluding hydrogens is 897 g/mol. The van der Waals surface area contributed by atoms with E-state index in [1.54, 1.807) is 39.5 Å². The lowest BCUT2D eigenvalue weighted by Crippen LogP contribution is -2.30. The molecule has 0 radical (unpaired) electrons. The summed E-state index contributed by atoms with van der Waals surface area (Å²) in [5.41, 5.74) is 20.4. The lowest BCUT2D eigenvalue weighted by Gasteiger charge is -2.24. The van der Waals surface area contributed by atoms with Gasteiger partial charge in [-0.15, -0.1) is 11.4 Å². The summed E-state index contributed by atoms with van der Waals surface area (Å²) in [6.45, 7) is 21.1. The Kier molecular flexibility index (Phi) is 17.2. The molecule has 5 aromatic rings. The van der Waals surface area contributed by atoms with Gasteiger partial charge >= 0.3 is 18.2 Å². The first-order valence-corrected chi connectivity index (χ1v) is 26.4. The predicted octanol–water partition coefficient (Wildman–Crippen LogP) is 13.0. The fraction of sp³-hybridized carbons (Fsp3) is 0.431. The lowest BCUT2D eigenvalue weighted by molar-refractivity contribution is -0.0548. The van der Waals surface area contributed by atoms with Gasteiger partial charge in [0.15, 0.2) is 11.6 Å². The first-order valence-electron chi connectivity index (χ1n) is 23.0. The maximum atomic E-state index is 13.1. The zero-order valence-corrected chi connectivity index (χ0v) is 41.9. The Bertz CT molecular complexity index is 2850. The highest BCUT2D eigenvalue weighted by Crippen LogP contribution is 2.38. The molecular formula is C51H62N8O9Si. The smallest absolute Gasteiger partial charge is 0.419 e. The number of esters is 1. The molecule has 0 bridgehead atoms. The summed E-state index contributed by atoms with van der Waals surface area (Å²) in [4.78, 5) is 68.0. The molecule has 69 heavy (non-hydrogen) atoms. The van der Waals surface area contributed by atoms with E-state index in [4.69, 9.17) is 25.6 Å². The zero-order valence-electron chi connectivity index (χ0n) is 40.9. The van der Waals surface area contributed by atoms with E-state index < -0.39 is 43.9 Å². The van der Waals surface area contributed by atoms with Crippen LogP contribution in [-0.4, -0.2) is 69.9 Å². The molecule has 0 fully saturated rings. The standard InChI is InChI=1S/C20H24N4O3.C20H23NO3.C8H6O3.C3H9N3Si/c1-20(2,3)27-19(26)24-15-9-5-4-8-14(15)17-16(24)11-10-13(18(17)25)7-6-12-22-23-21;1-5-8-13-11-12-16-17(18(13)22)14-9-6-7-10-15(14)21(16)19(23)24-20(2,3)4;9-7-5-3-1-2-4-6(5)8(10)11-7;1-7(2,3)6-5-4/h4-5,8-9,13H,6-7,10-12H2,1-3H3;5-7,9-10,13H,1,8,11-12H2,2-4H3;1-4,7,9H;1-3H3. The van der Waals surface area contributed by atoms with Crippen LogP contribution in [0.1, 0.15) is 128 Å². The van der Waals surface area contributed by atoms with Crippen LogP contribution in [0.15, 0.2) is 95.3 Å². The molecule has 0 amide bonds. The van der Waals surface area contributed by atoms with E-state index in [0.29, 0.717) is 72.8 Å². The van der Waals surface area contributed by atoms with Crippen molar-refractivity contribution < 1.29 is 43.3 Å². The number of cyclic esters (lactones) is 1. The number of Topliss-reactive ketones (excluding diaryl/α,β-unsaturated/α-hetero) is 2. The highest BCUT2D eigenvalue weighted by Gasteiger charge is 2.36. The van der Waals surface area contributed by atoms with Crippen LogP contribution in [0.3, 0.4) is 0 Å². The Balaban J connectivity index is 0.000000191. The highest BCUT2D eigenvalue weighted by atomic mass is 28.3. The summed E-state index contributed by atoms with van der Waals surface area (Å²) in [5, 5.41) is 14.3. The number of aromatic nitrogens is 2. The van der Waals surface area contributed by atoms with Crippen molar-refractivity contribution in [1.29, 1.82) is 0 Å². The van der Waals surface area contributed by atoms with Gasteiger partial charge in [0.05, 0.1) is 16.6 Å². The number of ketones is 2. The Hall–Kier alpha value is -6.97. The van der Waals surface area contributed by atoms with Gasteiger partial charge in [0.2, 0.25) is 6.29 Å². The number of nitrogens with zero attached hydrogens (tertiary/aromatic N) is 8. The van der Waals surface area contributed by atoms with Crippen molar-refractivity contribution in [3.8, 4) is 0 Å². The molecule has 8 rings (SSSR count). The minimum absolute atomic E-state index is 0.0482. The topological polar surface area (TPSA) is 241 Å². The predicted molar refractivity (Wildman–Crippen MR) is 267 cm³/mol. The number of carbonyl (C=O) groups excluding carboxylic acids is 5. The molecule has 3 heterocycles. The summed E-state index contributed by atoms with van der Waals surface area (Å²) >= 11 is 0. The van der Waals surface area contributed by atoms with Gasteiger partial charge in [0.1, 0.15) is 19.4 Å². The van der Waals surface area contributed by atoms with Crippen molar-refractivity contribution in [3.05, 3.63) is 140 Å². The second-order valence-electron chi connectivity index (χ2n) is 19.8. The molecule has 0 spiro atoms. The molecule has 1 N–H and O–H groups in total. The van der Waals surface area contributed by atoms with Crippen molar-refractivity contribution in [2.75, 3.05) is 6.54 Å². The number of hydrogen-bond acceptors (Lipinski definition) is 11. The van der Waals surface area contributed by atoms with Gasteiger partial charge in [0.25, 0.3) is 0 Å². The number of ether oxygens (including phenoxy) is 3. The molecule has 17 nitrogen and oxygen atoms in total. The Morgan fingerprint density at radius 3 is 1.71 bits per heavy atom. The second-order valence-corrected chi connectivity index (χ2v) is 24.4. The summed E-state index contributed by atoms with van der Waals surface area (Å²) in [6, 6.07) is 21.8. The molecule has 18 heteroatoms. The Labute approximate surface area is 402 Å². The van der Waals surface area contributed by atoms with E-state index in [0.717, 1.165) is 34.1 Å². The molecule has 3 aliphatic rings. The molecule has 0 saturated carbocycles. The second kappa shape index (κ2) is 22.4. The molecule has 3 unspecified atom stereocenters.